The van der Waals surface area contributed by atoms with Crippen molar-refractivity contribution >= 4 is 37.2 Å². The summed E-state index contributed by atoms with van der Waals surface area (Å²) < 4.78 is 6.32. The fourth-order valence-electron chi connectivity index (χ4n) is 2.17. The number of para-hydroxylation sites is 1. The zero-order chi connectivity index (χ0) is 15.2. The first-order chi connectivity index (χ1) is 10.8. The standard InChI is InChI=1S/C18H15GeNO2/c21-18(13-10-14-6-2-1-3-7-14)22-19-17-12-11-15-8-4-5-9-16(15)20-17/h1-9,11-12H,10,13H2. The van der Waals surface area contributed by atoms with Gasteiger partial charge >= 0.3 is 136 Å². The van der Waals surface area contributed by atoms with Crippen LogP contribution in [0.4, 0.5) is 0 Å². The van der Waals surface area contributed by atoms with Crippen molar-refractivity contribution in [2.75, 3.05) is 0 Å². The normalized spacial score (nSPS) is 10.5. The van der Waals surface area contributed by atoms with Gasteiger partial charge in [-0.3, -0.25) is 0 Å². The monoisotopic (exact) mass is 351 g/mol. The van der Waals surface area contributed by atoms with Crippen LogP contribution in [0.2, 0.25) is 0 Å². The fraction of sp³-hybridized carbons (Fsp3) is 0.111. The molecule has 0 unspecified atom stereocenters. The third-order valence-electron chi connectivity index (χ3n) is 3.33. The number of hydrogen-bond donors (Lipinski definition) is 0. The van der Waals surface area contributed by atoms with Crippen LogP contribution in [0.25, 0.3) is 10.9 Å². The molecule has 0 N–H and O–H groups in total. The molecule has 0 fully saturated rings. The summed E-state index contributed by atoms with van der Waals surface area (Å²) in [6, 6.07) is 21.9. The predicted molar refractivity (Wildman–Crippen MR) is 88.0 cm³/mol. The predicted octanol–water partition coefficient (Wildman–Crippen LogP) is 2.66. The van der Waals surface area contributed by atoms with Crippen LogP contribution in [0.15, 0.2) is 66.7 Å². The van der Waals surface area contributed by atoms with E-state index >= 15 is 0 Å². The first kappa shape index (κ1) is 14.8. The SMILES string of the molecule is O=C(CCc1ccccc1)[O][Ge][c]1ccc2ccccc2n1. The van der Waals surface area contributed by atoms with Gasteiger partial charge in [-0.05, 0) is 0 Å². The summed E-state index contributed by atoms with van der Waals surface area (Å²) in [5.41, 5.74) is 2.10. The number of carbonyl (C=O) groups is 1. The Bertz CT molecular complexity index is 774. The second-order valence-corrected chi connectivity index (χ2v) is 6.88. The number of hydrogen-bond acceptors (Lipinski definition) is 3. The number of benzene rings is 2. The molecule has 4 heteroatoms. The second-order valence-electron chi connectivity index (χ2n) is 4.95. The molecule has 0 amide bonds. The van der Waals surface area contributed by atoms with Gasteiger partial charge in [0.2, 0.25) is 0 Å². The van der Waals surface area contributed by atoms with Gasteiger partial charge in [0.1, 0.15) is 0 Å². The zero-order valence-electron chi connectivity index (χ0n) is 12.0. The molecule has 108 valence electrons. The quantitative estimate of drug-likeness (QED) is 0.665. The molecule has 3 rings (SSSR count). The molecular weight excluding hydrogens is 335 g/mol. The summed E-state index contributed by atoms with van der Waals surface area (Å²) in [6.07, 6.45) is 1.14. The van der Waals surface area contributed by atoms with Gasteiger partial charge in [0.25, 0.3) is 0 Å². The molecule has 0 atom stereocenters. The number of fused-ring (bicyclic) bond motifs is 1. The van der Waals surface area contributed by atoms with Gasteiger partial charge in [0.15, 0.2) is 0 Å². The van der Waals surface area contributed by atoms with E-state index in [1.165, 1.54) is 0 Å². The molecule has 22 heavy (non-hydrogen) atoms. The van der Waals surface area contributed by atoms with Crippen LogP contribution in [0.3, 0.4) is 0 Å². The number of nitrogens with zero attached hydrogens (tertiary/aromatic N) is 1. The maximum atomic E-state index is 11.8. The van der Waals surface area contributed by atoms with Gasteiger partial charge in [0.05, 0.1) is 0 Å². The molecule has 0 bridgehead atoms. The Balaban J connectivity index is 1.53. The molecule has 3 nitrogen and oxygen atoms in total. The van der Waals surface area contributed by atoms with Crippen molar-refractivity contribution in [3.63, 3.8) is 0 Å². The molecular formula is C18H15GeNO2. The molecule has 3 aromatic rings. The van der Waals surface area contributed by atoms with Crippen LogP contribution in [0.1, 0.15) is 12.0 Å². The van der Waals surface area contributed by atoms with Gasteiger partial charge in [0, 0.05) is 0 Å². The van der Waals surface area contributed by atoms with Crippen LogP contribution < -0.4 is 4.53 Å². The number of pyridine rings is 1. The van der Waals surface area contributed by atoms with E-state index in [1.54, 1.807) is 0 Å². The van der Waals surface area contributed by atoms with E-state index in [-0.39, 0.29) is 5.97 Å². The summed E-state index contributed by atoms with van der Waals surface area (Å²) in [5, 5.41) is 1.10. The van der Waals surface area contributed by atoms with E-state index in [9.17, 15) is 4.79 Å². The fourth-order valence-corrected chi connectivity index (χ4v) is 3.51. The third-order valence-corrected chi connectivity index (χ3v) is 5.04. The summed E-state index contributed by atoms with van der Waals surface area (Å²) >= 11 is -0.975. The van der Waals surface area contributed by atoms with Crippen molar-refractivity contribution in [1.82, 2.24) is 4.98 Å². The number of aromatic nitrogens is 1. The molecule has 0 aliphatic heterocycles. The van der Waals surface area contributed by atoms with Crippen LogP contribution in [0, 0.1) is 0 Å². The minimum atomic E-state index is -0.975. The Labute approximate surface area is 136 Å². The maximum absolute atomic E-state index is 11.8. The van der Waals surface area contributed by atoms with Gasteiger partial charge in [-0.2, -0.15) is 0 Å². The van der Waals surface area contributed by atoms with Crippen LogP contribution in [-0.2, 0) is 15.0 Å². The molecule has 1 aromatic heterocycles. The Morgan fingerprint density at radius 2 is 1.73 bits per heavy atom. The van der Waals surface area contributed by atoms with Crippen LogP contribution in [0.5, 0.6) is 0 Å². The Hall–Kier alpha value is -2.14. The van der Waals surface area contributed by atoms with E-state index in [4.69, 9.17) is 3.76 Å². The third kappa shape index (κ3) is 3.95. The van der Waals surface area contributed by atoms with Crippen LogP contribution >= 0.6 is 0 Å². The summed E-state index contributed by atoms with van der Waals surface area (Å²) in [7, 11) is 0. The first-order valence-electron chi connectivity index (χ1n) is 7.17. The first-order valence-corrected chi connectivity index (χ1v) is 9.07. The van der Waals surface area contributed by atoms with E-state index < -0.39 is 15.8 Å². The van der Waals surface area contributed by atoms with Crippen molar-refractivity contribution in [3.05, 3.63) is 72.3 Å². The van der Waals surface area contributed by atoms with Crippen molar-refractivity contribution in [3.8, 4) is 0 Å². The average Bonchev–Trinajstić information content (AvgIpc) is 2.59. The van der Waals surface area contributed by atoms with Gasteiger partial charge in [-0.15, -0.1) is 0 Å². The number of aryl methyl sites for hydroxylation is 1. The Morgan fingerprint density at radius 1 is 0.955 bits per heavy atom. The Morgan fingerprint density at radius 3 is 2.59 bits per heavy atom. The topological polar surface area (TPSA) is 39.2 Å². The van der Waals surface area contributed by atoms with Crippen molar-refractivity contribution in [1.29, 1.82) is 0 Å². The molecule has 0 aliphatic rings. The molecule has 0 spiro atoms. The number of carbonyl (C=O) groups excluding carboxylic acids is 1. The van der Waals surface area contributed by atoms with E-state index in [2.05, 4.69) is 4.98 Å². The van der Waals surface area contributed by atoms with Gasteiger partial charge < -0.3 is 0 Å². The van der Waals surface area contributed by atoms with E-state index in [0.717, 1.165) is 27.4 Å². The summed E-state index contributed by atoms with van der Waals surface area (Å²) in [6.45, 7) is 0. The van der Waals surface area contributed by atoms with Gasteiger partial charge in [-0.1, -0.05) is 0 Å². The summed E-state index contributed by atoms with van der Waals surface area (Å²) in [4.78, 5) is 16.4. The van der Waals surface area contributed by atoms with Crippen molar-refractivity contribution in [2.24, 2.45) is 0 Å². The summed E-state index contributed by atoms with van der Waals surface area (Å²) in [5.74, 6) is -0.140. The average molecular weight is 350 g/mol. The van der Waals surface area contributed by atoms with E-state index in [1.807, 2.05) is 66.7 Å². The van der Waals surface area contributed by atoms with Crippen molar-refractivity contribution in [2.45, 2.75) is 12.8 Å². The zero-order valence-corrected chi connectivity index (χ0v) is 14.1. The van der Waals surface area contributed by atoms with Crippen molar-refractivity contribution < 1.29 is 8.56 Å². The minimum absolute atomic E-state index is 0.140. The van der Waals surface area contributed by atoms with E-state index in [0.29, 0.717) is 6.42 Å². The molecule has 0 aliphatic carbocycles. The molecule has 1 heterocycles. The molecule has 0 saturated carbocycles. The van der Waals surface area contributed by atoms with Gasteiger partial charge in [-0.25, -0.2) is 0 Å². The second kappa shape index (κ2) is 7.22. The Kier molecular flexibility index (Phi) is 4.86. The molecule has 0 saturated heterocycles. The molecule has 2 radical (unpaired) electrons. The molecule has 2 aromatic carbocycles. The van der Waals surface area contributed by atoms with Crippen LogP contribution in [-0.4, -0.2) is 26.7 Å². The number of rotatable bonds is 5.